The summed E-state index contributed by atoms with van der Waals surface area (Å²) in [6.45, 7) is -0.267. The number of hydrogen-bond donors (Lipinski definition) is 2. The van der Waals surface area contributed by atoms with Crippen LogP contribution in [0.15, 0.2) is 18.2 Å². The van der Waals surface area contributed by atoms with E-state index in [0.717, 1.165) is 6.07 Å². The van der Waals surface area contributed by atoms with E-state index in [1.165, 1.54) is 12.1 Å². The van der Waals surface area contributed by atoms with Crippen LogP contribution in [0.1, 0.15) is 18.1 Å². The number of rotatable bonds is 3. The molecule has 1 aromatic rings. The summed E-state index contributed by atoms with van der Waals surface area (Å²) in [5.74, 6) is -2.04. The van der Waals surface area contributed by atoms with E-state index < -0.39 is 17.7 Å². The fourth-order valence-corrected chi connectivity index (χ4v) is 1.06. The zero-order valence-electron chi connectivity index (χ0n) is 6.87. The molecule has 2 N–H and O–H groups in total. The van der Waals surface area contributed by atoms with Crippen LogP contribution in [0, 0.1) is 11.6 Å². The van der Waals surface area contributed by atoms with Gasteiger partial charge in [-0.2, -0.15) is 0 Å². The predicted octanol–water partition coefficient (Wildman–Crippen LogP) is 1.38. The van der Waals surface area contributed by atoms with Crippen molar-refractivity contribution < 1.29 is 19.0 Å². The first-order valence-electron chi connectivity index (χ1n) is 3.89. The number of benzene rings is 1. The van der Waals surface area contributed by atoms with Gasteiger partial charge in [0.15, 0.2) is 11.6 Å². The Labute approximate surface area is 74.4 Å². The van der Waals surface area contributed by atoms with Crippen molar-refractivity contribution in [3.8, 4) is 0 Å². The highest BCUT2D eigenvalue weighted by atomic mass is 19.2. The number of halogens is 2. The first kappa shape index (κ1) is 10.1. The van der Waals surface area contributed by atoms with Crippen LogP contribution in [-0.2, 0) is 0 Å². The van der Waals surface area contributed by atoms with E-state index in [-0.39, 0.29) is 18.6 Å². The second-order valence-electron chi connectivity index (χ2n) is 2.67. The largest absolute Gasteiger partial charge is 0.396 e. The molecular weight excluding hydrogens is 178 g/mol. The van der Waals surface area contributed by atoms with Crippen molar-refractivity contribution in [2.24, 2.45) is 0 Å². The van der Waals surface area contributed by atoms with Gasteiger partial charge in [0.05, 0.1) is 6.10 Å². The second-order valence-corrected chi connectivity index (χ2v) is 2.67. The van der Waals surface area contributed by atoms with Crippen LogP contribution in [-0.4, -0.2) is 16.8 Å². The van der Waals surface area contributed by atoms with Crippen LogP contribution in [0.2, 0.25) is 0 Å². The summed E-state index contributed by atoms with van der Waals surface area (Å²) in [5, 5.41) is 17.7. The second kappa shape index (κ2) is 4.30. The molecule has 0 saturated carbocycles. The molecule has 0 radical (unpaired) electrons. The van der Waals surface area contributed by atoms with Gasteiger partial charge in [0.1, 0.15) is 0 Å². The Morgan fingerprint density at radius 3 is 2.62 bits per heavy atom. The normalized spacial score (nSPS) is 12.9. The molecule has 0 spiro atoms. The standard InChI is InChI=1S/C9H10F2O2/c10-7-3-1-2-6(9(7)11)8(13)4-5-12/h1-3,8,12-13H,4-5H2/t8-/m0/s1. The maximum absolute atomic E-state index is 13.0. The Morgan fingerprint density at radius 1 is 1.31 bits per heavy atom. The SMILES string of the molecule is OCC[C@H](O)c1cccc(F)c1F. The minimum atomic E-state index is -1.15. The highest BCUT2D eigenvalue weighted by molar-refractivity contribution is 5.21. The molecular formula is C9H10F2O2. The summed E-state index contributed by atoms with van der Waals surface area (Å²) in [6, 6.07) is 3.58. The molecule has 0 fully saturated rings. The van der Waals surface area contributed by atoms with Crippen molar-refractivity contribution in [2.75, 3.05) is 6.61 Å². The molecule has 0 amide bonds. The molecule has 0 saturated heterocycles. The van der Waals surface area contributed by atoms with Gasteiger partial charge < -0.3 is 10.2 Å². The maximum atomic E-state index is 13.0. The molecule has 0 aliphatic rings. The third kappa shape index (κ3) is 2.23. The lowest BCUT2D eigenvalue weighted by molar-refractivity contribution is 0.130. The Balaban J connectivity index is 2.93. The summed E-state index contributed by atoms with van der Waals surface area (Å²) in [7, 11) is 0. The zero-order chi connectivity index (χ0) is 9.84. The molecule has 0 unspecified atom stereocenters. The lowest BCUT2D eigenvalue weighted by Gasteiger charge is -2.09. The highest BCUT2D eigenvalue weighted by Crippen LogP contribution is 2.21. The zero-order valence-corrected chi connectivity index (χ0v) is 6.87. The fourth-order valence-electron chi connectivity index (χ4n) is 1.06. The molecule has 0 aliphatic carbocycles. The van der Waals surface area contributed by atoms with Crippen LogP contribution in [0.5, 0.6) is 0 Å². The molecule has 2 nitrogen and oxygen atoms in total. The van der Waals surface area contributed by atoms with Gasteiger partial charge in [-0.25, -0.2) is 8.78 Å². The molecule has 0 aromatic heterocycles. The van der Waals surface area contributed by atoms with E-state index in [1.54, 1.807) is 0 Å². The summed E-state index contributed by atoms with van der Waals surface area (Å²) >= 11 is 0. The molecule has 72 valence electrons. The van der Waals surface area contributed by atoms with Crippen molar-refractivity contribution in [1.29, 1.82) is 0 Å². The van der Waals surface area contributed by atoms with Crippen LogP contribution in [0.3, 0.4) is 0 Å². The van der Waals surface area contributed by atoms with Gasteiger partial charge in [-0.3, -0.25) is 0 Å². The van der Waals surface area contributed by atoms with Crippen LogP contribution >= 0.6 is 0 Å². The quantitative estimate of drug-likeness (QED) is 0.752. The van der Waals surface area contributed by atoms with E-state index in [2.05, 4.69) is 0 Å². The molecule has 13 heavy (non-hydrogen) atoms. The number of hydrogen-bond acceptors (Lipinski definition) is 2. The third-order valence-electron chi connectivity index (χ3n) is 1.74. The smallest absolute Gasteiger partial charge is 0.164 e. The molecule has 0 heterocycles. The summed E-state index contributed by atoms with van der Waals surface area (Å²) in [6.07, 6.45) is -1.15. The maximum Gasteiger partial charge on any atom is 0.164 e. The Bertz CT molecular complexity index is 289. The van der Waals surface area contributed by atoms with Gasteiger partial charge in [0.25, 0.3) is 0 Å². The number of aliphatic hydroxyl groups is 2. The van der Waals surface area contributed by atoms with E-state index >= 15 is 0 Å². The summed E-state index contributed by atoms with van der Waals surface area (Å²) in [4.78, 5) is 0. The lowest BCUT2D eigenvalue weighted by Crippen LogP contribution is -2.04. The van der Waals surface area contributed by atoms with Gasteiger partial charge in [-0.05, 0) is 6.07 Å². The first-order valence-corrected chi connectivity index (χ1v) is 3.89. The molecule has 0 aliphatic heterocycles. The average molecular weight is 188 g/mol. The van der Waals surface area contributed by atoms with Crippen molar-refractivity contribution in [3.05, 3.63) is 35.4 Å². The van der Waals surface area contributed by atoms with E-state index in [0.29, 0.717) is 0 Å². The molecule has 1 rings (SSSR count). The first-order chi connectivity index (χ1) is 6.16. The van der Waals surface area contributed by atoms with Crippen LogP contribution in [0.25, 0.3) is 0 Å². The fraction of sp³-hybridized carbons (Fsp3) is 0.333. The van der Waals surface area contributed by atoms with E-state index in [9.17, 15) is 13.9 Å². The average Bonchev–Trinajstić information content (AvgIpc) is 2.10. The molecule has 1 atom stereocenters. The van der Waals surface area contributed by atoms with Crippen molar-refractivity contribution in [3.63, 3.8) is 0 Å². The predicted molar refractivity (Wildman–Crippen MR) is 43.0 cm³/mol. The van der Waals surface area contributed by atoms with E-state index in [1.807, 2.05) is 0 Å². The Kier molecular flexibility index (Phi) is 3.33. The monoisotopic (exact) mass is 188 g/mol. The third-order valence-corrected chi connectivity index (χ3v) is 1.74. The highest BCUT2D eigenvalue weighted by Gasteiger charge is 2.14. The van der Waals surface area contributed by atoms with E-state index in [4.69, 9.17) is 5.11 Å². The van der Waals surface area contributed by atoms with Crippen LogP contribution in [0.4, 0.5) is 8.78 Å². The summed E-state index contributed by atoms with van der Waals surface area (Å²) < 4.78 is 25.6. The minimum Gasteiger partial charge on any atom is -0.396 e. The molecule has 1 aromatic carbocycles. The van der Waals surface area contributed by atoms with Gasteiger partial charge >= 0.3 is 0 Å². The van der Waals surface area contributed by atoms with Gasteiger partial charge in [0.2, 0.25) is 0 Å². The van der Waals surface area contributed by atoms with Crippen LogP contribution < -0.4 is 0 Å². The van der Waals surface area contributed by atoms with Gasteiger partial charge in [-0.1, -0.05) is 12.1 Å². The molecule has 0 bridgehead atoms. The van der Waals surface area contributed by atoms with Gasteiger partial charge in [0, 0.05) is 18.6 Å². The number of aliphatic hydroxyl groups excluding tert-OH is 2. The minimum absolute atomic E-state index is 0.000370. The lowest BCUT2D eigenvalue weighted by atomic mass is 10.1. The molecule has 4 heteroatoms. The summed E-state index contributed by atoms with van der Waals surface area (Å²) in [5.41, 5.74) is -0.117. The van der Waals surface area contributed by atoms with Crippen molar-refractivity contribution in [1.82, 2.24) is 0 Å². The van der Waals surface area contributed by atoms with Crippen molar-refractivity contribution in [2.45, 2.75) is 12.5 Å². The van der Waals surface area contributed by atoms with Gasteiger partial charge in [-0.15, -0.1) is 0 Å². The Hall–Kier alpha value is -1.00. The van der Waals surface area contributed by atoms with Crippen molar-refractivity contribution >= 4 is 0 Å². The topological polar surface area (TPSA) is 40.5 Å². The Morgan fingerprint density at radius 2 is 2.00 bits per heavy atom.